The van der Waals surface area contributed by atoms with E-state index in [0.29, 0.717) is 38.3 Å². The Hall–Kier alpha value is -3.10. The van der Waals surface area contributed by atoms with Crippen molar-refractivity contribution in [2.24, 2.45) is 0 Å². The second-order valence-electron chi connectivity index (χ2n) is 9.49. The number of hydrogen-bond acceptors (Lipinski definition) is 3. The molecule has 0 aliphatic carbocycles. The van der Waals surface area contributed by atoms with Crippen LogP contribution < -0.4 is 5.32 Å². The molecule has 1 heterocycles. The molecule has 0 aliphatic heterocycles. The lowest BCUT2D eigenvalue weighted by Gasteiger charge is -2.28. The molecular weight excluding hydrogens is 544 g/mol. The number of nitrogens with one attached hydrogen (secondary N) is 1. The molecule has 8 heteroatoms. The molecule has 0 saturated carbocycles. The number of benzene rings is 2. The van der Waals surface area contributed by atoms with E-state index in [9.17, 15) is 9.59 Å². The van der Waals surface area contributed by atoms with Gasteiger partial charge in [-0.3, -0.25) is 4.79 Å². The molecule has 38 heavy (non-hydrogen) atoms. The minimum Gasteiger partial charge on any atom is -0.385 e. The molecule has 204 valence electrons. The highest BCUT2D eigenvalue weighted by Gasteiger charge is 2.22. The van der Waals surface area contributed by atoms with Gasteiger partial charge in [0.2, 0.25) is 5.91 Å². The van der Waals surface area contributed by atoms with Gasteiger partial charge in [-0.25, -0.2) is 4.79 Å². The Morgan fingerprint density at radius 2 is 1.76 bits per heavy atom. The molecule has 7 nitrogen and oxygen atoms in total. The number of methoxy groups -OCH3 is 1. The van der Waals surface area contributed by atoms with Gasteiger partial charge in [0.05, 0.1) is 6.54 Å². The fraction of sp³-hybridized carbons (Fsp3) is 0.400. The molecule has 1 N–H and O–H groups in total. The van der Waals surface area contributed by atoms with Gasteiger partial charge >= 0.3 is 6.03 Å². The topological polar surface area (TPSA) is 66.8 Å². The molecule has 0 spiro atoms. The summed E-state index contributed by atoms with van der Waals surface area (Å²) >= 11 is 3.49. The molecule has 0 aliphatic rings. The Morgan fingerprint density at radius 1 is 1.00 bits per heavy atom. The first kappa shape index (κ1) is 29.5. The van der Waals surface area contributed by atoms with E-state index in [0.717, 1.165) is 35.1 Å². The number of unbranched alkanes of at least 4 members (excludes halogenated alkanes) is 1. The van der Waals surface area contributed by atoms with Crippen molar-refractivity contribution in [1.82, 2.24) is 14.4 Å². The number of halogens is 1. The summed E-state index contributed by atoms with van der Waals surface area (Å²) < 4.78 is 8.42. The van der Waals surface area contributed by atoms with Crippen LogP contribution in [0.3, 0.4) is 0 Å². The summed E-state index contributed by atoms with van der Waals surface area (Å²) in [6.07, 6.45) is 4.58. The first-order valence-electron chi connectivity index (χ1n) is 13.2. The van der Waals surface area contributed by atoms with Crippen molar-refractivity contribution < 1.29 is 14.3 Å². The average Bonchev–Trinajstić information content (AvgIpc) is 3.33. The number of aryl methyl sites for hydroxylation is 1. The van der Waals surface area contributed by atoms with Crippen LogP contribution in [-0.4, -0.2) is 59.7 Å². The number of hydrogen-bond donors (Lipinski definition) is 1. The van der Waals surface area contributed by atoms with Crippen molar-refractivity contribution in [1.29, 1.82) is 0 Å². The third-order valence-electron chi connectivity index (χ3n) is 6.34. The minimum absolute atomic E-state index is 0.0124. The highest BCUT2D eigenvalue weighted by molar-refractivity contribution is 9.10. The van der Waals surface area contributed by atoms with E-state index in [-0.39, 0.29) is 18.5 Å². The lowest BCUT2D eigenvalue weighted by Crippen LogP contribution is -2.45. The van der Waals surface area contributed by atoms with Crippen LogP contribution in [0.4, 0.5) is 10.5 Å². The molecule has 0 saturated heterocycles. The first-order chi connectivity index (χ1) is 18.4. The maximum atomic E-state index is 13.6. The Bertz CT molecular complexity index is 1160. The van der Waals surface area contributed by atoms with Gasteiger partial charge < -0.3 is 24.4 Å². The van der Waals surface area contributed by atoms with Gasteiger partial charge in [-0.1, -0.05) is 53.5 Å². The van der Waals surface area contributed by atoms with Crippen molar-refractivity contribution in [3.05, 3.63) is 88.2 Å². The third kappa shape index (κ3) is 9.33. The second-order valence-corrected chi connectivity index (χ2v) is 10.4. The monoisotopic (exact) mass is 582 g/mol. The lowest BCUT2D eigenvalue weighted by molar-refractivity contribution is -0.132. The predicted molar refractivity (Wildman–Crippen MR) is 156 cm³/mol. The molecule has 2 aromatic carbocycles. The molecule has 3 amide bonds. The molecule has 0 fully saturated rings. The van der Waals surface area contributed by atoms with Crippen LogP contribution in [0, 0.1) is 6.92 Å². The summed E-state index contributed by atoms with van der Waals surface area (Å²) in [6.45, 7) is 6.92. The van der Waals surface area contributed by atoms with Crippen LogP contribution in [0.15, 0.2) is 71.3 Å². The summed E-state index contributed by atoms with van der Waals surface area (Å²) in [5, 5.41) is 2.95. The highest BCUT2D eigenvalue weighted by Crippen LogP contribution is 2.16. The average molecular weight is 584 g/mol. The zero-order chi connectivity index (χ0) is 27.3. The van der Waals surface area contributed by atoms with Gasteiger partial charge in [-0.15, -0.1) is 0 Å². The smallest absolute Gasteiger partial charge is 0.322 e. The van der Waals surface area contributed by atoms with Gasteiger partial charge in [0.1, 0.15) is 6.54 Å². The van der Waals surface area contributed by atoms with Crippen LogP contribution in [-0.2, 0) is 22.6 Å². The predicted octanol–water partition coefficient (Wildman–Crippen LogP) is 6.31. The zero-order valence-electron chi connectivity index (χ0n) is 22.7. The number of anilines is 1. The molecule has 3 rings (SSSR count). The fourth-order valence-corrected chi connectivity index (χ4v) is 4.48. The van der Waals surface area contributed by atoms with E-state index in [2.05, 4.69) is 50.9 Å². The van der Waals surface area contributed by atoms with Crippen molar-refractivity contribution in [3.8, 4) is 0 Å². The Balaban J connectivity index is 1.72. The van der Waals surface area contributed by atoms with Crippen molar-refractivity contribution in [3.63, 3.8) is 0 Å². The third-order valence-corrected chi connectivity index (χ3v) is 6.86. The van der Waals surface area contributed by atoms with E-state index < -0.39 is 0 Å². The van der Waals surface area contributed by atoms with E-state index in [4.69, 9.17) is 4.74 Å². The largest absolute Gasteiger partial charge is 0.385 e. The molecule has 3 aromatic rings. The van der Waals surface area contributed by atoms with Crippen molar-refractivity contribution in [2.45, 2.75) is 46.2 Å². The van der Waals surface area contributed by atoms with E-state index in [1.165, 1.54) is 5.56 Å². The zero-order valence-corrected chi connectivity index (χ0v) is 24.2. The number of aromatic nitrogens is 1. The van der Waals surface area contributed by atoms with Crippen molar-refractivity contribution in [2.75, 3.05) is 38.7 Å². The van der Waals surface area contributed by atoms with Gasteiger partial charge in [-0.05, 0) is 67.3 Å². The summed E-state index contributed by atoms with van der Waals surface area (Å²) in [5.41, 5.74) is 4.02. The number of amides is 3. The number of carbonyl (C=O) groups excluding carboxylic acids is 2. The second kappa shape index (κ2) is 15.3. The normalized spacial score (nSPS) is 10.8. The number of urea groups is 1. The van der Waals surface area contributed by atoms with Crippen LogP contribution in [0.2, 0.25) is 0 Å². The van der Waals surface area contributed by atoms with Gasteiger partial charge in [0, 0.05) is 55.4 Å². The maximum absolute atomic E-state index is 13.6. The van der Waals surface area contributed by atoms with Gasteiger partial charge in [0.25, 0.3) is 0 Å². The van der Waals surface area contributed by atoms with Crippen molar-refractivity contribution >= 4 is 33.6 Å². The first-order valence-corrected chi connectivity index (χ1v) is 14.0. The fourth-order valence-electron chi connectivity index (χ4n) is 4.21. The lowest BCUT2D eigenvalue weighted by atomic mass is 10.2. The number of rotatable bonds is 14. The van der Waals surface area contributed by atoms with Crippen LogP contribution in [0.5, 0.6) is 0 Å². The highest BCUT2D eigenvalue weighted by atomic mass is 79.9. The Labute approximate surface area is 234 Å². The molecular formula is C30H39BrN4O3. The number of nitrogens with zero attached hydrogens (tertiary/aromatic N) is 3. The maximum Gasteiger partial charge on any atom is 0.322 e. The molecule has 0 radical (unpaired) electrons. The summed E-state index contributed by atoms with van der Waals surface area (Å²) in [7, 11) is 1.64. The van der Waals surface area contributed by atoms with Crippen LogP contribution in [0.1, 0.15) is 43.0 Å². The molecule has 0 atom stereocenters. The molecule has 0 bridgehead atoms. The molecule has 1 aromatic heterocycles. The molecule has 0 unspecified atom stereocenters. The van der Waals surface area contributed by atoms with Crippen LogP contribution in [0.25, 0.3) is 0 Å². The SMILES string of the molecule is CCCCN(Cc1cccn1Cc1ccc(Br)cc1)C(=O)CN(CCCOC)C(=O)Nc1cccc(C)c1. The van der Waals surface area contributed by atoms with E-state index in [1.54, 1.807) is 12.0 Å². The summed E-state index contributed by atoms with van der Waals surface area (Å²) in [6, 6.07) is 19.7. The Morgan fingerprint density at radius 3 is 2.47 bits per heavy atom. The van der Waals surface area contributed by atoms with E-state index in [1.807, 2.05) is 60.5 Å². The Kier molecular flexibility index (Phi) is 11.9. The summed E-state index contributed by atoms with van der Waals surface area (Å²) in [4.78, 5) is 30.2. The van der Waals surface area contributed by atoms with Gasteiger partial charge in [-0.2, -0.15) is 0 Å². The number of ether oxygens (including phenoxy) is 1. The summed E-state index contributed by atoms with van der Waals surface area (Å²) in [5.74, 6) is -0.0633. The minimum atomic E-state index is -0.283. The van der Waals surface area contributed by atoms with E-state index >= 15 is 0 Å². The number of carbonyl (C=O) groups is 2. The van der Waals surface area contributed by atoms with Crippen LogP contribution >= 0.6 is 15.9 Å². The standard InChI is InChI=1S/C30H39BrN4O3/c1-4-5-16-34(22-28-11-7-17-33(28)21-25-12-14-26(31)15-13-25)29(36)23-35(18-8-19-38-3)30(37)32-27-10-6-9-24(2)20-27/h6-7,9-15,17,20H,4-5,8,16,18-19,21-23H2,1-3H3,(H,32,37). The quantitative estimate of drug-likeness (QED) is 0.227. The van der Waals surface area contributed by atoms with Gasteiger partial charge in [0.15, 0.2) is 0 Å².